The van der Waals surface area contributed by atoms with Crippen molar-refractivity contribution in [1.29, 1.82) is 0 Å². The van der Waals surface area contributed by atoms with Crippen molar-refractivity contribution in [3.05, 3.63) is 35.9 Å². The largest absolute Gasteiger partial charge is 0.476 e. The average Bonchev–Trinajstić information content (AvgIpc) is 2.55. The average molecular weight is 301 g/mol. The molecule has 0 radical (unpaired) electrons. The van der Waals surface area contributed by atoms with Gasteiger partial charge in [-0.1, -0.05) is 19.9 Å². The molecule has 0 saturated heterocycles. The summed E-state index contributed by atoms with van der Waals surface area (Å²) in [6.07, 6.45) is 4.43. The van der Waals surface area contributed by atoms with Crippen molar-refractivity contribution in [1.82, 2.24) is 15.0 Å². The predicted molar refractivity (Wildman–Crippen MR) is 87.8 cm³/mol. The summed E-state index contributed by atoms with van der Waals surface area (Å²) in [6.45, 7) is 5.28. The summed E-state index contributed by atoms with van der Waals surface area (Å²) in [7, 11) is 0. The molecule has 0 aliphatic heterocycles. The van der Waals surface area contributed by atoms with Crippen LogP contribution in [0.1, 0.15) is 38.2 Å². The molecule has 0 saturated carbocycles. The fraction of sp³-hybridized carbons (Fsp3) is 0.438. The van der Waals surface area contributed by atoms with E-state index in [1.165, 1.54) is 0 Å². The van der Waals surface area contributed by atoms with E-state index < -0.39 is 0 Å². The van der Waals surface area contributed by atoms with Crippen molar-refractivity contribution >= 4 is 11.5 Å². The normalized spacial score (nSPS) is 10.5. The Bertz CT molecular complexity index is 589. The molecule has 3 N–H and O–H groups in total. The second-order valence-corrected chi connectivity index (χ2v) is 4.98. The van der Waals surface area contributed by atoms with Gasteiger partial charge >= 0.3 is 0 Å². The first kappa shape index (κ1) is 16.0. The molecule has 118 valence electrons. The molecule has 0 bridgehead atoms. The summed E-state index contributed by atoms with van der Waals surface area (Å²) in [6, 6.07) is 5.79. The number of nitrogen functional groups attached to an aromatic ring is 1. The van der Waals surface area contributed by atoms with Gasteiger partial charge in [0.05, 0.1) is 18.8 Å². The molecule has 0 aromatic carbocycles. The Hall–Kier alpha value is -2.37. The molecule has 2 aromatic heterocycles. The van der Waals surface area contributed by atoms with Crippen LogP contribution in [0, 0.1) is 0 Å². The Balaban J connectivity index is 2.18. The number of nitrogens with one attached hydrogen (secondary N) is 1. The highest BCUT2D eigenvalue weighted by molar-refractivity contribution is 5.66. The Morgan fingerprint density at radius 1 is 1.18 bits per heavy atom. The number of rotatable bonds is 8. The molecule has 0 aliphatic rings. The fourth-order valence-electron chi connectivity index (χ4n) is 1.95. The minimum atomic E-state index is 0.448. The first-order chi connectivity index (χ1) is 10.7. The van der Waals surface area contributed by atoms with E-state index >= 15 is 0 Å². The van der Waals surface area contributed by atoms with Gasteiger partial charge in [-0.3, -0.25) is 4.98 Å². The summed E-state index contributed by atoms with van der Waals surface area (Å²) in [5, 5.41) is 3.23. The molecule has 0 fully saturated rings. The van der Waals surface area contributed by atoms with Crippen LogP contribution in [0.3, 0.4) is 0 Å². The molecular weight excluding hydrogens is 278 g/mol. The zero-order valence-corrected chi connectivity index (χ0v) is 13.2. The molecule has 0 amide bonds. The van der Waals surface area contributed by atoms with Gasteiger partial charge in [0.15, 0.2) is 5.82 Å². The minimum absolute atomic E-state index is 0.448. The Morgan fingerprint density at radius 3 is 2.73 bits per heavy atom. The second kappa shape index (κ2) is 8.17. The molecular formula is C16H23N5O. The fourth-order valence-corrected chi connectivity index (χ4v) is 1.95. The maximum atomic E-state index is 6.12. The van der Waals surface area contributed by atoms with E-state index in [1.54, 1.807) is 6.20 Å². The molecule has 0 spiro atoms. The lowest BCUT2D eigenvalue weighted by Gasteiger charge is -2.13. The third-order valence-corrected chi connectivity index (χ3v) is 3.04. The topological polar surface area (TPSA) is 86.0 Å². The lowest BCUT2D eigenvalue weighted by atomic mass is 10.3. The minimum Gasteiger partial charge on any atom is -0.476 e. The quantitative estimate of drug-likeness (QED) is 0.779. The van der Waals surface area contributed by atoms with E-state index in [0.717, 1.165) is 30.8 Å². The summed E-state index contributed by atoms with van der Waals surface area (Å²) in [5.41, 5.74) is 7.49. The zero-order chi connectivity index (χ0) is 15.8. The van der Waals surface area contributed by atoms with Crippen molar-refractivity contribution in [2.45, 2.75) is 39.7 Å². The highest BCUT2D eigenvalue weighted by atomic mass is 16.5. The van der Waals surface area contributed by atoms with Crippen LogP contribution in [-0.4, -0.2) is 21.6 Å². The van der Waals surface area contributed by atoms with Gasteiger partial charge in [0.1, 0.15) is 11.5 Å². The summed E-state index contributed by atoms with van der Waals surface area (Å²) < 4.78 is 5.63. The van der Waals surface area contributed by atoms with E-state index in [-0.39, 0.29) is 0 Å². The van der Waals surface area contributed by atoms with Crippen molar-refractivity contribution in [2.24, 2.45) is 0 Å². The highest BCUT2D eigenvalue weighted by Gasteiger charge is 2.12. The summed E-state index contributed by atoms with van der Waals surface area (Å²) in [5.74, 6) is 1.81. The van der Waals surface area contributed by atoms with Gasteiger partial charge in [0, 0.05) is 12.6 Å². The van der Waals surface area contributed by atoms with Gasteiger partial charge < -0.3 is 15.8 Å². The number of aromatic nitrogens is 3. The van der Waals surface area contributed by atoms with Crippen molar-refractivity contribution < 1.29 is 4.74 Å². The number of hydrogen-bond acceptors (Lipinski definition) is 6. The van der Waals surface area contributed by atoms with Crippen molar-refractivity contribution in [3.8, 4) is 5.88 Å². The standard InChI is InChI=1S/C16H23N5O/c1-3-7-13-20-15(14(17)16(21-13)22-10-4-2)19-11-12-8-5-6-9-18-12/h5-6,8-9H,3-4,7,10-11,17H2,1-2H3,(H,19,20,21). The Morgan fingerprint density at radius 2 is 2.05 bits per heavy atom. The van der Waals surface area contributed by atoms with Crippen molar-refractivity contribution in [2.75, 3.05) is 17.7 Å². The number of aryl methyl sites for hydroxylation is 1. The third-order valence-electron chi connectivity index (χ3n) is 3.04. The van der Waals surface area contributed by atoms with Crippen LogP contribution in [0.25, 0.3) is 0 Å². The van der Waals surface area contributed by atoms with Crippen LogP contribution in [0.5, 0.6) is 5.88 Å². The molecule has 22 heavy (non-hydrogen) atoms. The van der Waals surface area contributed by atoms with Gasteiger partial charge in [-0.2, -0.15) is 4.98 Å². The Labute approximate surface area is 131 Å². The van der Waals surface area contributed by atoms with Gasteiger partial charge in [-0.25, -0.2) is 4.98 Å². The third kappa shape index (κ3) is 4.31. The number of anilines is 2. The number of nitrogens with two attached hydrogens (primary N) is 1. The maximum absolute atomic E-state index is 6.12. The zero-order valence-electron chi connectivity index (χ0n) is 13.2. The predicted octanol–water partition coefficient (Wildman–Crippen LogP) is 2.81. The molecule has 0 aliphatic carbocycles. The smallest absolute Gasteiger partial charge is 0.242 e. The summed E-state index contributed by atoms with van der Waals surface area (Å²) in [4.78, 5) is 13.2. The lowest BCUT2D eigenvalue weighted by Crippen LogP contribution is -2.11. The first-order valence-corrected chi connectivity index (χ1v) is 7.67. The first-order valence-electron chi connectivity index (χ1n) is 7.67. The molecule has 6 heteroatoms. The summed E-state index contributed by atoms with van der Waals surface area (Å²) >= 11 is 0. The molecule has 2 heterocycles. The SMILES string of the molecule is CCCOc1nc(CCC)nc(NCc2ccccn2)c1N. The van der Waals surface area contributed by atoms with Gasteiger partial charge in [-0.05, 0) is 25.0 Å². The molecule has 0 atom stereocenters. The maximum Gasteiger partial charge on any atom is 0.242 e. The van der Waals surface area contributed by atoms with E-state index in [0.29, 0.717) is 30.5 Å². The van der Waals surface area contributed by atoms with E-state index in [1.807, 2.05) is 25.1 Å². The van der Waals surface area contributed by atoms with Gasteiger partial charge in [0.25, 0.3) is 0 Å². The Kier molecular flexibility index (Phi) is 5.94. The van der Waals surface area contributed by atoms with E-state index in [9.17, 15) is 0 Å². The lowest BCUT2D eigenvalue weighted by molar-refractivity contribution is 0.305. The number of pyridine rings is 1. The van der Waals surface area contributed by atoms with Crippen molar-refractivity contribution in [3.63, 3.8) is 0 Å². The highest BCUT2D eigenvalue weighted by Crippen LogP contribution is 2.27. The van der Waals surface area contributed by atoms with E-state index in [4.69, 9.17) is 10.5 Å². The van der Waals surface area contributed by atoms with Crippen LogP contribution >= 0.6 is 0 Å². The number of hydrogen-bond donors (Lipinski definition) is 2. The van der Waals surface area contributed by atoms with E-state index in [2.05, 4.69) is 27.2 Å². The van der Waals surface area contributed by atoms with Crippen LogP contribution in [0.4, 0.5) is 11.5 Å². The second-order valence-electron chi connectivity index (χ2n) is 4.98. The number of nitrogens with zero attached hydrogens (tertiary/aromatic N) is 3. The van der Waals surface area contributed by atoms with Crippen LogP contribution in [0.15, 0.2) is 24.4 Å². The number of ether oxygens (including phenoxy) is 1. The monoisotopic (exact) mass is 301 g/mol. The molecule has 2 aromatic rings. The van der Waals surface area contributed by atoms with Crippen LogP contribution in [0.2, 0.25) is 0 Å². The molecule has 6 nitrogen and oxygen atoms in total. The van der Waals surface area contributed by atoms with Gasteiger partial charge in [-0.15, -0.1) is 0 Å². The van der Waals surface area contributed by atoms with Gasteiger partial charge in [0.2, 0.25) is 5.88 Å². The van der Waals surface area contributed by atoms with Crippen LogP contribution in [-0.2, 0) is 13.0 Å². The molecule has 2 rings (SSSR count). The van der Waals surface area contributed by atoms with Crippen LogP contribution < -0.4 is 15.8 Å². The molecule has 0 unspecified atom stereocenters.